The molecule has 1 aliphatic carbocycles. The third kappa shape index (κ3) is 4.42. The van der Waals surface area contributed by atoms with Crippen molar-refractivity contribution in [2.24, 2.45) is 11.8 Å². The van der Waals surface area contributed by atoms with Crippen molar-refractivity contribution in [1.82, 2.24) is 0 Å². The van der Waals surface area contributed by atoms with Crippen LogP contribution in [-0.4, -0.2) is 31.1 Å². The lowest BCUT2D eigenvalue weighted by atomic mass is 10.1. The topological polar surface area (TPSA) is 81.7 Å². The number of anilines is 1. The Kier molecular flexibility index (Phi) is 6.14. The molecule has 2 aromatic rings. The summed E-state index contributed by atoms with van der Waals surface area (Å²) in [6, 6.07) is 9.62. The number of carbonyl (C=O) groups excluding carboxylic acids is 3. The number of hydrogen-bond acceptors (Lipinski definition) is 6. The number of nitrogens with one attached hydrogen (secondary N) is 1. The molecule has 2 atom stereocenters. The molecule has 1 amide bonds. The van der Waals surface area contributed by atoms with Crippen molar-refractivity contribution < 1.29 is 23.9 Å². The first-order chi connectivity index (χ1) is 13.4. The van der Waals surface area contributed by atoms with E-state index in [0.29, 0.717) is 16.5 Å². The van der Waals surface area contributed by atoms with E-state index in [9.17, 15) is 14.4 Å². The Morgan fingerprint density at radius 3 is 2.46 bits per heavy atom. The number of hydrogen-bond donors (Lipinski definition) is 1. The van der Waals surface area contributed by atoms with Gasteiger partial charge in [0.25, 0.3) is 5.91 Å². The molecule has 1 aliphatic rings. The van der Waals surface area contributed by atoms with Crippen LogP contribution in [0.4, 0.5) is 5.00 Å². The summed E-state index contributed by atoms with van der Waals surface area (Å²) in [5.74, 6) is -1.10. The van der Waals surface area contributed by atoms with Crippen molar-refractivity contribution in [2.75, 3.05) is 18.5 Å². The van der Waals surface area contributed by atoms with E-state index in [1.54, 1.807) is 6.92 Å². The summed E-state index contributed by atoms with van der Waals surface area (Å²) >= 11 is 1.30. The van der Waals surface area contributed by atoms with Crippen molar-refractivity contribution in [3.05, 3.63) is 41.5 Å². The van der Waals surface area contributed by atoms with Crippen molar-refractivity contribution in [2.45, 2.75) is 27.2 Å². The highest BCUT2D eigenvalue weighted by molar-refractivity contribution is 7.20. The second-order valence-corrected chi connectivity index (χ2v) is 7.84. The maximum absolute atomic E-state index is 12.5. The van der Waals surface area contributed by atoms with E-state index < -0.39 is 11.9 Å². The molecule has 6 nitrogen and oxygen atoms in total. The summed E-state index contributed by atoms with van der Waals surface area (Å²) in [6.07, 6.45) is 0.804. The second-order valence-electron chi connectivity index (χ2n) is 6.82. The molecule has 1 aromatic carbocycles. The lowest BCUT2D eigenvalue weighted by molar-refractivity contribution is -0.148. The monoisotopic (exact) mass is 401 g/mol. The molecule has 1 saturated carbocycles. The molecule has 0 aliphatic heterocycles. The van der Waals surface area contributed by atoms with Gasteiger partial charge in [-0.25, -0.2) is 4.79 Å². The molecule has 1 heterocycles. The highest BCUT2D eigenvalue weighted by Crippen LogP contribution is 2.40. The van der Waals surface area contributed by atoms with E-state index in [-0.39, 0.29) is 25.1 Å². The smallest absolute Gasteiger partial charge is 0.341 e. The van der Waals surface area contributed by atoms with Gasteiger partial charge in [0.15, 0.2) is 6.61 Å². The molecule has 28 heavy (non-hydrogen) atoms. The Morgan fingerprint density at radius 2 is 1.86 bits per heavy atom. The maximum Gasteiger partial charge on any atom is 0.341 e. The Hall–Kier alpha value is -2.67. The SMILES string of the molecule is CCOC(=O)c1c(NC(=O)COC(=O)[C@@H]2C[C@H]2C)sc(-c2ccccc2)c1C. The predicted octanol–water partition coefficient (Wildman–Crippen LogP) is 4.04. The van der Waals surface area contributed by atoms with Crippen LogP contribution >= 0.6 is 11.3 Å². The molecular formula is C21H23NO5S. The Morgan fingerprint density at radius 1 is 1.18 bits per heavy atom. The molecule has 1 N–H and O–H groups in total. The zero-order valence-electron chi connectivity index (χ0n) is 16.1. The average Bonchev–Trinajstić information content (AvgIpc) is 3.32. The van der Waals surface area contributed by atoms with E-state index in [1.165, 1.54) is 11.3 Å². The van der Waals surface area contributed by atoms with Crippen LogP contribution in [0.1, 0.15) is 36.2 Å². The highest BCUT2D eigenvalue weighted by Gasteiger charge is 2.40. The highest BCUT2D eigenvalue weighted by atomic mass is 32.1. The van der Waals surface area contributed by atoms with Gasteiger partial charge in [0.2, 0.25) is 0 Å². The normalized spacial score (nSPS) is 17.7. The summed E-state index contributed by atoms with van der Waals surface area (Å²) in [4.78, 5) is 37.4. The number of rotatable bonds is 7. The van der Waals surface area contributed by atoms with Crippen molar-refractivity contribution in [3.8, 4) is 10.4 Å². The molecule has 1 fully saturated rings. The van der Waals surface area contributed by atoms with E-state index in [4.69, 9.17) is 9.47 Å². The van der Waals surface area contributed by atoms with Gasteiger partial charge in [0.1, 0.15) is 5.00 Å². The molecule has 0 bridgehead atoms. The van der Waals surface area contributed by atoms with Crippen molar-refractivity contribution in [1.29, 1.82) is 0 Å². The van der Waals surface area contributed by atoms with Crippen LogP contribution in [0.5, 0.6) is 0 Å². The van der Waals surface area contributed by atoms with Crippen LogP contribution in [-0.2, 0) is 19.1 Å². The fourth-order valence-corrected chi connectivity index (χ4v) is 4.19. The van der Waals surface area contributed by atoms with E-state index >= 15 is 0 Å². The maximum atomic E-state index is 12.5. The van der Waals surface area contributed by atoms with Crippen LogP contribution < -0.4 is 5.32 Å². The van der Waals surface area contributed by atoms with Crippen LogP contribution in [0, 0.1) is 18.8 Å². The molecule has 1 aromatic heterocycles. The Bertz CT molecular complexity index is 890. The summed E-state index contributed by atoms with van der Waals surface area (Å²) in [5, 5.41) is 3.11. The summed E-state index contributed by atoms with van der Waals surface area (Å²) in [7, 11) is 0. The van der Waals surface area contributed by atoms with Gasteiger partial charge < -0.3 is 14.8 Å². The zero-order chi connectivity index (χ0) is 20.3. The Balaban J connectivity index is 1.79. The van der Waals surface area contributed by atoms with Gasteiger partial charge in [-0.2, -0.15) is 0 Å². The molecule has 0 radical (unpaired) electrons. The number of ether oxygens (including phenoxy) is 2. The van der Waals surface area contributed by atoms with Gasteiger partial charge in [0.05, 0.1) is 18.1 Å². The van der Waals surface area contributed by atoms with Crippen LogP contribution in [0.25, 0.3) is 10.4 Å². The third-order valence-electron chi connectivity index (χ3n) is 4.67. The van der Waals surface area contributed by atoms with Gasteiger partial charge in [-0.3, -0.25) is 9.59 Å². The van der Waals surface area contributed by atoms with Crippen LogP contribution in [0.3, 0.4) is 0 Å². The van der Waals surface area contributed by atoms with Crippen LogP contribution in [0.15, 0.2) is 30.3 Å². The van der Waals surface area contributed by atoms with Crippen molar-refractivity contribution >= 4 is 34.2 Å². The van der Waals surface area contributed by atoms with Gasteiger partial charge in [0, 0.05) is 4.88 Å². The largest absolute Gasteiger partial charge is 0.462 e. The van der Waals surface area contributed by atoms with Crippen LogP contribution in [0.2, 0.25) is 0 Å². The molecule has 148 valence electrons. The minimum atomic E-state index is -0.488. The average molecular weight is 401 g/mol. The van der Waals surface area contributed by atoms with Gasteiger partial charge in [-0.15, -0.1) is 11.3 Å². The summed E-state index contributed by atoms with van der Waals surface area (Å²) in [5.41, 5.74) is 2.03. The molecule has 0 unspecified atom stereocenters. The first kappa shape index (κ1) is 20.1. The lowest BCUT2D eigenvalue weighted by Gasteiger charge is -2.07. The summed E-state index contributed by atoms with van der Waals surface area (Å²) < 4.78 is 10.2. The number of amides is 1. The zero-order valence-corrected chi connectivity index (χ0v) is 16.9. The number of thiophene rings is 1. The standard InChI is InChI=1S/C21H23NO5S/c1-4-26-21(25)17-13(3)18(14-8-6-5-7-9-14)28-19(17)22-16(23)11-27-20(24)15-10-12(15)2/h5-9,12,15H,4,10-11H2,1-3H3,(H,22,23)/t12-,15-/m1/s1. The third-order valence-corrected chi connectivity index (χ3v) is 5.93. The Labute approximate surface area is 167 Å². The van der Waals surface area contributed by atoms with E-state index in [2.05, 4.69) is 5.32 Å². The van der Waals surface area contributed by atoms with Gasteiger partial charge in [-0.05, 0) is 37.3 Å². The molecule has 7 heteroatoms. The van der Waals surface area contributed by atoms with Gasteiger partial charge in [-0.1, -0.05) is 37.3 Å². The molecule has 0 saturated heterocycles. The first-order valence-corrected chi connectivity index (χ1v) is 10.1. The first-order valence-electron chi connectivity index (χ1n) is 9.24. The number of benzene rings is 1. The van der Waals surface area contributed by atoms with E-state index in [1.807, 2.05) is 44.2 Å². The quantitative estimate of drug-likeness (QED) is 0.708. The number of carbonyl (C=O) groups is 3. The predicted molar refractivity (Wildman–Crippen MR) is 107 cm³/mol. The molecule has 0 spiro atoms. The fourth-order valence-electron chi connectivity index (χ4n) is 2.97. The number of esters is 2. The minimum absolute atomic E-state index is 0.100. The van der Waals surface area contributed by atoms with Gasteiger partial charge >= 0.3 is 11.9 Å². The van der Waals surface area contributed by atoms with E-state index in [0.717, 1.165) is 22.4 Å². The molecule has 3 rings (SSSR count). The van der Waals surface area contributed by atoms with Crippen molar-refractivity contribution in [3.63, 3.8) is 0 Å². The fraction of sp³-hybridized carbons (Fsp3) is 0.381. The molecular weight excluding hydrogens is 378 g/mol. The second kappa shape index (κ2) is 8.56. The lowest BCUT2D eigenvalue weighted by Crippen LogP contribution is -2.22. The summed E-state index contributed by atoms with van der Waals surface area (Å²) in [6.45, 7) is 5.39. The minimum Gasteiger partial charge on any atom is -0.462 e.